The number of nitrogens with zero attached hydrogens (tertiary/aromatic N) is 2. The van der Waals surface area contributed by atoms with Crippen LogP contribution in [0.4, 0.5) is 0 Å². The highest BCUT2D eigenvalue weighted by atomic mass is 32.1. The molecule has 3 heteroatoms. The minimum atomic E-state index is -0.626. The smallest absolute Gasteiger partial charge is 0.151 e. The molecule has 6 aromatic rings. The van der Waals surface area contributed by atoms with Crippen molar-refractivity contribution in [3.63, 3.8) is 0 Å². The van der Waals surface area contributed by atoms with Gasteiger partial charge in [-0.15, -0.1) is 0 Å². The Bertz CT molecular complexity index is 2640. The first-order chi connectivity index (χ1) is 28.0. The van der Waals surface area contributed by atoms with Crippen LogP contribution in [-0.4, -0.2) is 17.6 Å². The van der Waals surface area contributed by atoms with Crippen LogP contribution in [0.1, 0.15) is 67.3 Å². The predicted molar refractivity (Wildman–Crippen MR) is 245 cm³/mol. The number of aliphatic imine (C=N–C) groups is 2. The Morgan fingerprint density at radius 1 is 0.596 bits per heavy atom. The molecule has 2 unspecified atom stereocenters. The first-order valence-electron chi connectivity index (χ1n) is 20.2. The summed E-state index contributed by atoms with van der Waals surface area (Å²) in [5, 5.41) is 0. The van der Waals surface area contributed by atoms with Crippen LogP contribution < -0.4 is 0 Å². The molecule has 6 aromatic carbocycles. The molecule has 9 rings (SSSR count). The Hall–Kier alpha value is -6.03. The van der Waals surface area contributed by atoms with Crippen molar-refractivity contribution in [3.05, 3.63) is 221 Å². The normalized spacial score (nSPS) is 18.3. The van der Waals surface area contributed by atoms with Crippen LogP contribution in [0.2, 0.25) is 0 Å². The Morgan fingerprint density at radius 2 is 1.19 bits per heavy atom. The van der Waals surface area contributed by atoms with Gasteiger partial charge in [0.05, 0.1) is 10.8 Å². The first kappa shape index (κ1) is 36.6. The summed E-state index contributed by atoms with van der Waals surface area (Å²) in [4.78, 5) is 10.7. The minimum Gasteiger partial charge on any atom is -0.259 e. The fourth-order valence-corrected chi connectivity index (χ4v) is 9.41. The van der Waals surface area contributed by atoms with Crippen LogP contribution in [0, 0.1) is 0 Å². The van der Waals surface area contributed by atoms with Crippen LogP contribution >= 0.6 is 12.6 Å². The molecule has 3 aliphatic carbocycles. The van der Waals surface area contributed by atoms with Crippen molar-refractivity contribution in [3.8, 4) is 33.4 Å². The van der Waals surface area contributed by atoms with Gasteiger partial charge in [0, 0.05) is 5.71 Å². The second kappa shape index (κ2) is 15.8. The Morgan fingerprint density at radius 3 is 1.91 bits per heavy atom. The maximum Gasteiger partial charge on any atom is 0.151 e. The molecule has 2 atom stereocenters. The third-order valence-corrected chi connectivity index (χ3v) is 12.4. The third kappa shape index (κ3) is 6.91. The van der Waals surface area contributed by atoms with E-state index in [2.05, 4.69) is 196 Å². The number of hydrogen-bond donors (Lipinski definition) is 1. The van der Waals surface area contributed by atoms with E-state index in [9.17, 15) is 0 Å². The van der Waals surface area contributed by atoms with Gasteiger partial charge in [-0.1, -0.05) is 182 Å². The quantitative estimate of drug-likeness (QED) is 0.0909. The fraction of sp³-hybridized carbons (Fsp3) is 0.148. The number of rotatable bonds is 8. The van der Waals surface area contributed by atoms with Crippen molar-refractivity contribution in [1.29, 1.82) is 0 Å². The molecular weight excluding hydrogens is 709 g/mol. The van der Waals surface area contributed by atoms with Crippen LogP contribution in [0.25, 0.3) is 39.0 Å². The van der Waals surface area contributed by atoms with E-state index in [1.807, 2.05) is 0 Å². The molecule has 0 aromatic heterocycles. The molecule has 0 spiro atoms. The lowest BCUT2D eigenvalue weighted by Crippen LogP contribution is -2.20. The van der Waals surface area contributed by atoms with Crippen LogP contribution in [-0.2, 0) is 4.75 Å². The summed E-state index contributed by atoms with van der Waals surface area (Å²) in [6.45, 7) is 4.32. The van der Waals surface area contributed by atoms with Crippen molar-refractivity contribution in [2.24, 2.45) is 9.98 Å². The fourth-order valence-electron chi connectivity index (χ4n) is 8.84. The molecule has 57 heavy (non-hydrogen) atoms. The van der Waals surface area contributed by atoms with E-state index in [1.54, 1.807) is 0 Å². The lowest BCUT2D eigenvalue weighted by atomic mass is 9.83. The Kier molecular flexibility index (Phi) is 10.2. The molecule has 0 radical (unpaired) electrons. The van der Waals surface area contributed by atoms with E-state index in [4.69, 9.17) is 22.6 Å². The molecule has 0 fully saturated rings. The molecule has 0 amide bonds. The van der Waals surface area contributed by atoms with Crippen LogP contribution in [0.3, 0.4) is 0 Å². The molecule has 0 heterocycles. The van der Waals surface area contributed by atoms with E-state index >= 15 is 0 Å². The molecule has 0 saturated carbocycles. The van der Waals surface area contributed by atoms with Gasteiger partial charge in [0.25, 0.3) is 0 Å². The maximum absolute atomic E-state index is 5.67. The highest BCUT2D eigenvalue weighted by Gasteiger charge is 2.44. The van der Waals surface area contributed by atoms with Gasteiger partial charge in [-0.3, -0.25) is 4.99 Å². The molecule has 0 saturated heterocycles. The average molecular weight is 755 g/mol. The Balaban J connectivity index is 1.07. The van der Waals surface area contributed by atoms with E-state index < -0.39 is 4.75 Å². The summed E-state index contributed by atoms with van der Waals surface area (Å²) in [6, 6.07) is 54.5. The Labute approximate surface area is 342 Å². The summed E-state index contributed by atoms with van der Waals surface area (Å²) in [5.41, 5.74) is 17.9. The van der Waals surface area contributed by atoms with Crippen molar-refractivity contribution >= 4 is 29.7 Å². The summed E-state index contributed by atoms with van der Waals surface area (Å²) in [6.07, 6.45) is 15.3. The lowest BCUT2D eigenvalue weighted by Gasteiger charge is -2.30. The van der Waals surface area contributed by atoms with Gasteiger partial charge in [0.1, 0.15) is 0 Å². The van der Waals surface area contributed by atoms with Crippen molar-refractivity contribution < 1.29 is 0 Å². The predicted octanol–water partition coefficient (Wildman–Crippen LogP) is 13.9. The average Bonchev–Trinajstić information content (AvgIpc) is 3.55. The molecule has 0 N–H and O–H groups in total. The number of thiol groups is 1. The topological polar surface area (TPSA) is 24.7 Å². The highest BCUT2D eigenvalue weighted by molar-refractivity contribution is 7.82. The van der Waals surface area contributed by atoms with Gasteiger partial charge in [-0.2, -0.15) is 12.6 Å². The van der Waals surface area contributed by atoms with E-state index in [0.717, 1.165) is 42.8 Å². The third-order valence-electron chi connectivity index (χ3n) is 11.7. The van der Waals surface area contributed by atoms with Crippen LogP contribution in [0.15, 0.2) is 203 Å². The monoisotopic (exact) mass is 754 g/mol. The van der Waals surface area contributed by atoms with Gasteiger partial charge < -0.3 is 0 Å². The van der Waals surface area contributed by atoms with Gasteiger partial charge in [0.2, 0.25) is 0 Å². The number of allylic oxidation sites excluding steroid dienone is 5. The van der Waals surface area contributed by atoms with Crippen molar-refractivity contribution in [2.45, 2.75) is 50.3 Å². The summed E-state index contributed by atoms with van der Waals surface area (Å²) in [7, 11) is 0. The van der Waals surface area contributed by atoms with Gasteiger partial charge >= 0.3 is 0 Å². The molecule has 2 nitrogen and oxygen atoms in total. The zero-order valence-electron chi connectivity index (χ0n) is 32.6. The highest BCUT2D eigenvalue weighted by Crippen LogP contribution is 2.58. The van der Waals surface area contributed by atoms with E-state index in [1.165, 1.54) is 72.4 Å². The lowest BCUT2D eigenvalue weighted by molar-refractivity contribution is 0.858. The molecular formula is C54H46N2S. The standard InChI is InChI=1S/C54H46N2S/c1-37(55-53(43-23-10-5-11-24-43)56-38(2)44-25-12-13-26-45(44)40-19-6-3-7-20-40)39-33-35-42(36-34-39)47-29-18-32-51-52(47)48-28-15-17-31-50(48)54(51,57)49-30-16-14-27-46(49)41-21-8-4-9-22-41/h3-10,14-23,25-36,38,57H,11-13,24H2,1-2H3. The summed E-state index contributed by atoms with van der Waals surface area (Å²) in [5.74, 6) is 0.825. The number of benzene rings is 6. The zero-order valence-corrected chi connectivity index (χ0v) is 33.5. The molecule has 0 aliphatic heterocycles. The summed E-state index contributed by atoms with van der Waals surface area (Å²) < 4.78 is -0.626. The van der Waals surface area contributed by atoms with Gasteiger partial charge in [0.15, 0.2) is 5.84 Å². The SMILES string of the molecule is CC(=NC(=NC(C)C1=CCCC=C1c1ccccc1)C1=CC=CCC1)c1ccc(-c2cccc3c2-c2ccccc2C3(S)c2ccccc2-c2ccccc2)cc1. The van der Waals surface area contributed by atoms with E-state index in [0.29, 0.717) is 0 Å². The largest absolute Gasteiger partial charge is 0.259 e. The molecule has 0 bridgehead atoms. The van der Waals surface area contributed by atoms with Gasteiger partial charge in [-0.05, 0) is 117 Å². The number of fused-ring (bicyclic) bond motifs is 3. The van der Waals surface area contributed by atoms with Crippen molar-refractivity contribution in [1.82, 2.24) is 0 Å². The van der Waals surface area contributed by atoms with E-state index in [-0.39, 0.29) is 6.04 Å². The number of hydrogen-bond acceptors (Lipinski definition) is 2. The zero-order chi connectivity index (χ0) is 38.8. The summed E-state index contributed by atoms with van der Waals surface area (Å²) >= 11 is 5.67. The second-order valence-electron chi connectivity index (χ2n) is 15.2. The molecule has 3 aliphatic rings. The maximum atomic E-state index is 5.67. The number of amidine groups is 1. The molecule has 278 valence electrons. The van der Waals surface area contributed by atoms with Gasteiger partial charge in [-0.25, -0.2) is 4.99 Å². The minimum absolute atomic E-state index is 0.0286. The van der Waals surface area contributed by atoms with Crippen molar-refractivity contribution in [2.75, 3.05) is 0 Å². The van der Waals surface area contributed by atoms with Crippen LogP contribution in [0.5, 0.6) is 0 Å². The first-order valence-corrected chi connectivity index (χ1v) is 20.6. The second-order valence-corrected chi connectivity index (χ2v) is 15.8.